The molecule has 0 unspecified atom stereocenters. The van der Waals surface area contributed by atoms with Crippen LogP contribution in [0, 0.1) is 5.92 Å². The fourth-order valence-electron chi connectivity index (χ4n) is 4.06. The molecule has 0 spiro atoms. The van der Waals surface area contributed by atoms with Crippen molar-refractivity contribution in [3.63, 3.8) is 0 Å². The predicted molar refractivity (Wildman–Crippen MR) is 114 cm³/mol. The molecule has 3 heterocycles. The van der Waals surface area contributed by atoms with E-state index in [1.807, 2.05) is 35.2 Å². The molecule has 0 bridgehead atoms. The highest BCUT2D eigenvalue weighted by atomic mass is 35.5. The maximum atomic E-state index is 13.4. The van der Waals surface area contributed by atoms with E-state index in [-0.39, 0.29) is 11.8 Å². The van der Waals surface area contributed by atoms with Crippen LogP contribution in [0.25, 0.3) is 0 Å². The lowest BCUT2D eigenvalue weighted by Crippen LogP contribution is -2.44. The van der Waals surface area contributed by atoms with Gasteiger partial charge in [0.15, 0.2) is 0 Å². The van der Waals surface area contributed by atoms with Crippen molar-refractivity contribution in [1.29, 1.82) is 0 Å². The molecule has 5 nitrogen and oxygen atoms in total. The average molecular weight is 419 g/mol. The number of anilines is 2. The van der Waals surface area contributed by atoms with Gasteiger partial charge in [-0.05, 0) is 55.8 Å². The molecule has 0 saturated carbocycles. The van der Waals surface area contributed by atoms with E-state index in [1.165, 1.54) is 0 Å². The number of carbonyl (C=O) groups is 1. The van der Waals surface area contributed by atoms with Crippen molar-refractivity contribution >= 4 is 40.6 Å². The minimum atomic E-state index is 0.0375. The first-order chi connectivity index (χ1) is 13.5. The van der Waals surface area contributed by atoms with Crippen LogP contribution in [0.3, 0.4) is 0 Å². The van der Waals surface area contributed by atoms with Crippen LogP contribution in [-0.2, 0) is 11.3 Å². The van der Waals surface area contributed by atoms with Crippen molar-refractivity contribution < 1.29 is 4.79 Å². The third-order valence-electron chi connectivity index (χ3n) is 5.62. The smallest absolute Gasteiger partial charge is 0.230 e. The number of aromatic nitrogens is 1. The zero-order valence-corrected chi connectivity index (χ0v) is 17.5. The van der Waals surface area contributed by atoms with Crippen LogP contribution < -0.4 is 9.80 Å². The third-order valence-corrected chi connectivity index (χ3v) is 6.08. The molecule has 1 fully saturated rings. The summed E-state index contributed by atoms with van der Waals surface area (Å²) in [5.41, 5.74) is 2.11. The van der Waals surface area contributed by atoms with Gasteiger partial charge in [0.25, 0.3) is 0 Å². The maximum absolute atomic E-state index is 13.4. The van der Waals surface area contributed by atoms with Gasteiger partial charge in [-0.2, -0.15) is 0 Å². The molecule has 7 heteroatoms. The van der Waals surface area contributed by atoms with Crippen molar-refractivity contribution in [2.75, 3.05) is 43.0 Å². The van der Waals surface area contributed by atoms with E-state index in [4.69, 9.17) is 23.2 Å². The lowest BCUT2D eigenvalue weighted by atomic mass is 9.94. The molecular formula is C21H24Cl2N4O. The number of amides is 1. The second-order valence-electron chi connectivity index (χ2n) is 7.60. The Hall–Kier alpha value is -1.82. The lowest BCUT2D eigenvalue weighted by Gasteiger charge is -2.35. The zero-order chi connectivity index (χ0) is 19.7. The Labute approximate surface area is 175 Å². The molecule has 0 atom stereocenters. The molecule has 2 aromatic rings. The number of fused-ring (bicyclic) bond motifs is 1. The number of rotatable bonds is 2. The predicted octanol–water partition coefficient (Wildman–Crippen LogP) is 4.08. The highest BCUT2D eigenvalue weighted by molar-refractivity contribution is 6.31. The molecule has 148 valence electrons. The second kappa shape index (κ2) is 8.27. The summed E-state index contributed by atoms with van der Waals surface area (Å²) >= 11 is 12.1. The summed E-state index contributed by atoms with van der Waals surface area (Å²) in [4.78, 5) is 24.2. The molecule has 4 rings (SSSR count). The highest BCUT2D eigenvalue weighted by Crippen LogP contribution is 2.31. The van der Waals surface area contributed by atoms with Gasteiger partial charge in [0, 0.05) is 55.5 Å². The second-order valence-corrected chi connectivity index (χ2v) is 8.47. The molecule has 2 aliphatic rings. The molecule has 2 aliphatic heterocycles. The summed E-state index contributed by atoms with van der Waals surface area (Å²) in [6.45, 7) is 4.02. The van der Waals surface area contributed by atoms with Gasteiger partial charge < -0.3 is 14.7 Å². The van der Waals surface area contributed by atoms with Crippen molar-refractivity contribution in [3.8, 4) is 0 Å². The molecule has 1 amide bonds. The number of benzene rings is 1. The van der Waals surface area contributed by atoms with Crippen LogP contribution in [0.2, 0.25) is 10.0 Å². The van der Waals surface area contributed by atoms with Crippen LogP contribution in [0.4, 0.5) is 11.5 Å². The summed E-state index contributed by atoms with van der Waals surface area (Å²) in [7, 11) is 2.08. The Morgan fingerprint density at radius 2 is 1.79 bits per heavy atom. The van der Waals surface area contributed by atoms with E-state index in [0.717, 1.165) is 56.1 Å². The molecule has 1 aromatic heterocycles. The number of hydrogen-bond acceptors (Lipinski definition) is 4. The van der Waals surface area contributed by atoms with Gasteiger partial charge in [-0.1, -0.05) is 23.2 Å². The van der Waals surface area contributed by atoms with Gasteiger partial charge in [-0.15, -0.1) is 0 Å². The number of halogens is 2. The Kier molecular flexibility index (Phi) is 5.76. The van der Waals surface area contributed by atoms with Gasteiger partial charge in [0.1, 0.15) is 5.82 Å². The number of carbonyl (C=O) groups excluding carboxylic acids is 1. The fraction of sp³-hybridized carbons (Fsp3) is 0.429. The molecule has 28 heavy (non-hydrogen) atoms. The van der Waals surface area contributed by atoms with Crippen LogP contribution in [0.1, 0.15) is 18.4 Å². The maximum Gasteiger partial charge on any atom is 0.230 e. The normalized spacial score (nSPS) is 18.7. The van der Waals surface area contributed by atoms with Crippen molar-refractivity contribution in [1.82, 2.24) is 9.88 Å². The first kappa shape index (κ1) is 19.5. The molecule has 0 N–H and O–H groups in total. The zero-order valence-electron chi connectivity index (χ0n) is 15.9. The SMILES string of the molecule is CN1CCN(C(=O)C2CCN(c3ccc(Cl)cn3)CC2)c2ccc(Cl)cc2C1. The van der Waals surface area contributed by atoms with E-state index in [2.05, 4.69) is 21.8 Å². The van der Waals surface area contributed by atoms with Crippen LogP contribution in [-0.4, -0.2) is 49.0 Å². The van der Waals surface area contributed by atoms with Gasteiger partial charge in [-0.3, -0.25) is 4.79 Å². The summed E-state index contributed by atoms with van der Waals surface area (Å²) in [5.74, 6) is 1.18. The van der Waals surface area contributed by atoms with E-state index in [9.17, 15) is 4.79 Å². The fourth-order valence-corrected chi connectivity index (χ4v) is 4.37. The van der Waals surface area contributed by atoms with Crippen molar-refractivity contribution in [3.05, 3.63) is 52.1 Å². The monoisotopic (exact) mass is 418 g/mol. The van der Waals surface area contributed by atoms with E-state index >= 15 is 0 Å². The summed E-state index contributed by atoms with van der Waals surface area (Å²) in [6.07, 6.45) is 3.33. The van der Waals surface area contributed by atoms with Crippen LogP contribution >= 0.6 is 23.2 Å². The van der Waals surface area contributed by atoms with Gasteiger partial charge >= 0.3 is 0 Å². The number of pyridine rings is 1. The third kappa shape index (κ3) is 4.12. The highest BCUT2D eigenvalue weighted by Gasteiger charge is 2.31. The molecule has 0 aliphatic carbocycles. The van der Waals surface area contributed by atoms with Crippen LogP contribution in [0.5, 0.6) is 0 Å². The quantitative estimate of drug-likeness (QED) is 0.736. The standard InChI is InChI=1S/C21H24Cl2N4O/c1-25-10-11-27(19-4-2-17(22)12-16(19)14-25)21(28)15-6-8-26(9-7-15)20-5-3-18(23)13-24-20/h2-5,12-13,15H,6-11,14H2,1H3. The number of likely N-dealkylation sites (N-methyl/N-ethyl adjacent to an activating group) is 1. The Morgan fingerprint density at radius 1 is 1.04 bits per heavy atom. The minimum Gasteiger partial charge on any atom is -0.357 e. The Morgan fingerprint density at radius 3 is 2.50 bits per heavy atom. The Balaban J connectivity index is 1.47. The van der Waals surface area contributed by atoms with Crippen molar-refractivity contribution in [2.45, 2.75) is 19.4 Å². The molecular weight excluding hydrogens is 395 g/mol. The van der Waals surface area contributed by atoms with E-state index in [0.29, 0.717) is 16.6 Å². The van der Waals surface area contributed by atoms with Gasteiger partial charge in [-0.25, -0.2) is 4.98 Å². The topological polar surface area (TPSA) is 39.7 Å². The Bertz CT molecular complexity index is 850. The van der Waals surface area contributed by atoms with E-state index in [1.54, 1.807) is 6.20 Å². The van der Waals surface area contributed by atoms with Gasteiger partial charge in [0.05, 0.1) is 5.02 Å². The number of piperidine rings is 1. The van der Waals surface area contributed by atoms with Crippen LogP contribution in [0.15, 0.2) is 36.5 Å². The molecule has 0 radical (unpaired) electrons. The van der Waals surface area contributed by atoms with Gasteiger partial charge in [0.2, 0.25) is 5.91 Å². The first-order valence-electron chi connectivity index (χ1n) is 9.66. The van der Waals surface area contributed by atoms with Crippen molar-refractivity contribution in [2.24, 2.45) is 5.92 Å². The number of hydrogen-bond donors (Lipinski definition) is 0. The lowest BCUT2D eigenvalue weighted by molar-refractivity contribution is -0.123. The molecule has 1 aromatic carbocycles. The molecule has 1 saturated heterocycles. The summed E-state index contributed by atoms with van der Waals surface area (Å²) in [6, 6.07) is 9.64. The van der Waals surface area contributed by atoms with E-state index < -0.39 is 0 Å². The summed E-state index contributed by atoms with van der Waals surface area (Å²) in [5, 5.41) is 1.35. The largest absolute Gasteiger partial charge is 0.357 e. The average Bonchev–Trinajstić information content (AvgIpc) is 2.86. The number of nitrogens with zero attached hydrogens (tertiary/aromatic N) is 4. The minimum absolute atomic E-state index is 0.0375. The first-order valence-corrected chi connectivity index (χ1v) is 10.4. The summed E-state index contributed by atoms with van der Waals surface area (Å²) < 4.78 is 0.